The molecule has 0 saturated heterocycles. The predicted octanol–water partition coefficient (Wildman–Crippen LogP) is 2.79. The van der Waals surface area contributed by atoms with Crippen molar-refractivity contribution in [1.29, 1.82) is 0 Å². The van der Waals surface area contributed by atoms with Crippen LogP contribution in [0.3, 0.4) is 0 Å². The zero-order valence-corrected chi connectivity index (χ0v) is 17.2. The van der Waals surface area contributed by atoms with E-state index in [1.807, 2.05) is 44.2 Å². The number of aryl methyl sites for hydroxylation is 2. The van der Waals surface area contributed by atoms with Crippen molar-refractivity contribution in [2.45, 2.75) is 40.0 Å². The van der Waals surface area contributed by atoms with Crippen LogP contribution in [-0.4, -0.2) is 12.1 Å². The summed E-state index contributed by atoms with van der Waals surface area (Å²) in [5.41, 5.74) is 2.72. The second-order valence-electron chi connectivity index (χ2n) is 5.92. The van der Waals surface area contributed by atoms with Crippen molar-refractivity contribution < 1.29 is 29.8 Å². The summed E-state index contributed by atoms with van der Waals surface area (Å²) in [7, 11) is 0.0671. The van der Waals surface area contributed by atoms with Gasteiger partial charge in [0.25, 0.3) is 0 Å². The molecule has 2 rings (SSSR count). The Morgan fingerprint density at radius 2 is 1.92 bits per heavy atom. The molecule has 25 heavy (non-hydrogen) atoms. The van der Waals surface area contributed by atoms with Gasteiger partial charge < -0.3 is 6.16 Å². The van der Waals surface area contributed by atoms with E-state index in [-0.39, 0.29) is 34.4 Å². The van der Waals surface area contributed by atoms with Gasteiger partial charge in [0.05, 0.1) is 11.6 Å². The molecule has 0 aliphatic carbocycles. The largest absolute Gasteiger partial charge is 1.00 e. The molecule has 1 atom stereocenters. The predicted molar refractivity (Wildman–Crippen MR) is 106 cm³/mol. The van der Waals surface area contributed by atoms with Crippen LogP contribution < -0.4 is 28.9 Å². The maximum atomic E-state index is 12.6. The van der Waals surface area contributed by atoms with Gasteiger partial charge in [-0.05, 0) is 63.5 Å². The first-order valence-corrected chi connectivity index (χ1v) is 9.70. The third kappa shape index (κ3) is 6.47. The Morgan fingerprint density at radius 1 is 1.16 bits per heavy atom. The van der Waals surface area contributed by atoms with Crippen LogP contribution in [0, 0.1) is 13.8 Å². The molecular formula is C20H25ClLiO2P. The van der Waals surface area contributed by atoms with E-state index in [0.717, 1.165) is 35.2 Å². The summed E-state index contributed by atoms with van der Waals surface area (Å²) in [6.07, 6.45) is 3.44. The first-order valence-electron chi connectivity index (χ1n) is 8.33. The molecule has 2 aromatic carbocycles. The van der Waals surface area contributed by atoms with Crippen molar-refractivity contribution in [3.8, 4) is 5.75 Å². The van der Waals surface area contributed by atoms with E-state index >= 15 is 0 Å². The first kappa shape index (κ1) is 22.3. The molecule has 0 spiro atoms. The number of rotatable bonds is 8. The molecule has 0 fully saturated rings. The van der Waals surface area contributed by atoms with E-state index in [1.165, 1.54) is 12.8 Å². The van der Waals surface area contributed by atoms with Crippen LogP contribution in [0.5, 0.6) is 5.75 Å². The third-order valence-electron chi connectivity index (χ3n) is 3.91. The van der Waals surface area contributed by atoms with Gasteiger partial charge in [0, 0.05) is 5.56 Å². The topological polar surface area (TPSA) is 26.3 Å². The van der Waals surface area contributed by atoms with Crippen LogP contribution in [0.15, 0.2) is 36.4 Å². The number of carbonyl (C=O) groups is 1. The zero-order valence-electron chi connectivity index (χ0n) is 16.5. The fourth-order valence-corrected chi connectivity index (χ4v) is 4.04. The van der Waals surface area contributed by atoms with E-state index in [1.54, 1.807) is 6.07 Å². The molecule has 0 saturated carbocycles. The molecule has 0 heterocycles. The van der Waals surface area contributed by atoms with Gasteiger partial charge in [-0.1, -0.05) is 49.6 Å². The van der Waals surface area contributed by atoms with E-state index in [4.69, 9.17) is 16.3 Å². The van der Waals surface area contributed by atoms with Crippen LogP contribution >= 0.6 is 20.2 Å². The van der Waals surface area contributed by atoms with E-state index < -0.39 is 0 Å². The van der Waals surface area contributed by atoms with Crippen LogP contribution in [0.1, 0.15) is 49.1 Å². The van der Waals surface area contributed by atoms with Gasteiger partial charge in [-0.15, -0.1) is 0 Å². The Hall–Kier alpha value is -0.773. The number of hydrogen-bond donors (Lipinski definition) is 0. The molecule has 0 N–H and O–H groups in total. The van der Waals surface area contributed by atoms with Crippen LogP contribution in [0.25, 0.3) is 0 Å². The SMILES string of the molecule is CCCCCOc1ccc(PC(=O)c2c(C)cccc2Cl)c(C)c1.[H-].[Li+]. The van der Waals surface area contributed by atoms with E-state index in [9.17, 15) is 4.79 Å². The number of carbonyl (C=O) groups excluding carboxylic acids is 1. The molecule has 2 nitrogen and oxygen atoms in total. The van der Waals surface area contributed by atoms with Crippen LogP contribution in [0.2, 0.25) is 5.02 Å². The van der Waals surface area contributed by atoms with Crippen LogP contribution in [-0.2, 0) is 0 Å². The van der Waals surface area contributed by atoms with E-state index in [2.05, 4.69) is 6.92 Å². The van der Waals surface area contributed by atoms with Crippen molar-refractivity contribution in [3.63, 3.8) is 0 Å². The minimum absolute atomic E-state index is 0. The quantitative estimate of drug-likeness (QED) is 0.406. The molecule has 1 unspecified atom stereocenters. The summed E-state index contributed by atoms with van der Waals surface area (Å²) in [5.74, 6) is 0.874. The summed E-state index contributed by atoms with van der Waals surface area (Å²) in [5, 5.41) is 1.57. The van der Waals surface area contributed by atoms with Gasteiger partial charge in [-0.3, -0.25) is 4.79 Å². The number of halogens is 1. The average Bonchev–Trinajstić information content (AvgIpc) is 2.54. The summed E-state index contributed by atoms with van der Waals surface area (Å²) in [6, 6.07) is 11.5. The van der Waals surface area contributed by atoms with Crippen molar-refractivity contribution in [3.05, 3.63) is 58.1 Å². The number of benzene rings is 2. The van der Waals surface area contributed by atoms with Crippen molar-refractivity contribution in [1.82, 2.24) is 0 Å². The average molecular weight is 371 g/mol. The molecule has 0 bridgehead atoms. The summed E-state index contributed by atoms with van der Waals surface area (Å²) in [6.45, 7) is 6.86. The van der Waals surface area contributed by atoms with Crippen molar-refractivity contribution in [2.24, 2.45) is 0 Å². The second-order valence-corrected chi connectivity index (χ2v) is 7.57. The Bertz CT molecular complexity index is 705. The van der Waals surface area contributed by atoms with Gasteiger partial charge in [0.1, 0.15) is 5.75 Å². The molecule has 0 aliphatic heterocycles. The van der Waals surface area contributed by atoms with Gasteiger partial charge in [0.15, 0.2) is 5.52 Å². The van der Waals surface area contributed by atoms with Gasteiger partial charge in [0.2, 0.25) is 0 Å². The summed E-state index contributed by atoms with van der Waals surface area (Å²) < 4.78 is 5.77. The minimum Gasteiger partial charge on any atom is -1.00 e. The number of hydrogen-bond acceptors (Lipinski definition) is 2. The Labute approximate surface area is 171 Å². The Balaban J connectivity index is 0.00000312. The smallest absolute Gasteiger partial charge is 1.00 e. The van der Waals surface area contributed by atoms with Crippen LogP contribution in [0.4, 0.5) is 0 Å². The van der Waals surface area contributed by atoms with E-state index in [0.29, 0.717) is 10.6 Å². The van der Waals surface area contributed by atoms with Crippen molar-refractivity contribution >= 4 is 31.0 Å². The third-order valence-corrected chi connectivity index (χ3v) is 5.53. The molecule has 0 amide bonds. The van der Waals surface area contributed by atoms with Crippen molar-refractivity contribution in [2.75, 3.05) is 6.61 Å². The molecule has 0 radical (unpaired) electrons. The fraction of sp³-hybridized carbons (Fsp3) is 0.350. The molecule has 5 heteroatoms. The molecular weight excluding hydrogens is 346 g/mol. The van der Waals surface area contributed by atoms with Gasteiger partial charge >= 0.3 is 18.9 Å². The first-order chi connectivity index (χ1) is 11.5. The summed E-state index contributed by atoms with van der Waals surface area (Å²) >= 11 is 6.20. The van der Waals surface area contributed by atoms with Gasteiger partial charge in [-0.2, -0.15) is 0 Å². The number of unbranched alkanes of at least 4 members (excludes halogenated alkanes) is 2. The Morgan fingerprint density at radius 3 is 2.56 bits per heavy atom. The fourth-order valence-electron chi connectivity index (χ4n) is 2.51. The second kappa shape index (κ2) is 11.0. The maximum Gasteiger partial charge on any atom is 1.00 e. The molecule has 130 valence electrons. The monoisotopic (exact) mass is 370 g/mol. The molecule has 2 aromatic rings. The molecule has 0 aliphatic rings. The standard InChI is InChI=1S/C20H24ClO2P.Li.H/c1-4-5-6-12-23-16-10-11-18(15(3)13-16)24-20(22)19-14(2)8-7-9-17(19)21;;/h7-11,13,24H,4-6,12H2,1-3H3;;/q;+1;-1. The Kier molecular flexibility index (Phi) is 9.84. The van der Waals surface area contributed by atoms with Gasteiger partial charge in [-0.25, -0.2) is 0 Å². The zero-order chi connectivity index (χ0) is 17.5. The normalized spacial score (nSPS) is 10.7. The minimum atomic E-state index is 0. The molecule has 0 aromatic heterocycles. The maximum absolute atomic E-state index is 12.6. The number of ether oxygens (including phenoxy) is 1. The summed E-state index contributed by atoms with van der Waals surface area (Å²) in [4.78, 5) is 12.6.